The Labute approximate surface area is 103 Å². The molecule has 1 aromatic rings. The van der Waals surface area contributed by atoms with Crippen molar-refractivity contribution in [1.82, 2.24) is 5.32 Å². The number of hydrogen-bond acceptors (Lipinski definition) is 3. The van der Waals surface area contributed by atoms with Gasteiger partial charge >= 0.3 is 0 Å². The van der Waals surface area contributed by atoms with E-state index in [2.05, 4.69) is 28.8 Å². The van der Waals surface area contributed by atoms with Crippen LogP contribution in [0.2, 0.25) is 0 Å². The van der Waals surface area contributed by atoms with Crippen molar-refractivity contribution in [2.24, 2.45) is 5.92 Å². The molecule has 2 aliphatic heterocycles. The quantitative estimate of drug-likeness (QED) is 0.836. The van der Waals surface area contributed by atoms with Crippen molar-refractivity contribution >= 4 is 5.69 Å². The van der Waals surface area contributed by atoms with Gasteiger partial charge in [0.25, 0.3) is 0 Å². The summed E-state index contributed by atoms with van der Waals surface area (Å²) < 4.78 is 5.99. The van der Waals surface area contributed by atoms with E-state index >= 15 is 0 Å². The van der Waals surface area contributed by atoms with Gasteiger partial charge in [-0.1, -0.05) is 12.1 Å². The van der Waals surface area contributed by atoms with Crippen LogP contribution >= 0.6 is 0 Å². The highest BCUT2D eigenvalue weighted by Gasteiger charge is 2.17. The molecule has 0 saturated carbocycles. The average molecular weight is 232 g/mol. The lowest BCUT2D eigenvalue weighted by Crippen LogP contribution is -2.33. The summed E-state index contributed by atoms with van der Waals surface area (Å²) in [4.78, 5) is 0. The van der Waals surface area contributed by atoms with Crippen LogP contribution in [0, 0.1) is 5.92 Å². The van der Waals surface area contributed by atoms with Gasteiger partial charge in [0.2, 0.25) is 0 Å². The van der Waals surface area contributed by atoms with E-state index in [0.29, 0.717) is 5.92 Å². The van der Waals surface area contributed by atoms with Crippen molar-refractivity contribution in [3.05, 3.63) is 23.8 Å². The van der Waals surface area contributed by atoms with Gasteiger partial charge in [-0.05, 0) is 37.4 Å². The summed E-state index contributed by atoms with van der Waals surface area (Å²) in [5, 5.41) is 6.84. The van der Waals surface area contributed by atoms with Gasteiger partial charge in [0.15, 0.2) is 0 Å². The number of ether oxygens (including phenoxy) is 1. The molecule has 3 rings (SSSR count). The van der Waals surface area contributed by atoms with Gasteiger partial charge in [-0.15, -0.1) is 0 Å². The maximum absolute atomic E-state index is 5.99. The minimum atomic E-state index is 0.668. The SMILES string of the molecule is c1cc2c(c(OCC3CCCNC3)c1)NCC2. The molecule has 0 aromatic heterocycles. The van der Waals surface area contributed by atoms with E-state index in [0.717, 1.165) is 31.9 Å². The van der Waals surface area contributed by atoms with Crippen molar-refractivity contribution in [1.29, 1.82) is 0 Å². The average Bonchev–Trinajstić information content (AvgIpc) is 2.86. The van der Waals surface area contributed by atoms with Gasteiger partial charge in [0, 0.05) is 19.0 Å². The number of para-hydroxylation sites is 1. The smallest absolute Gasteiger partial charge is 0.142 e. The fourth-order valence-electron chi connectivity index (χ4n) is 2.70. The lowest BCUT2D eigenvalue weighted by atomic mass is 10.0. The summed E-state index contributed by atoms with van der Waals surface area (Å²) in [5.74, 6) is 1.70. The molecule has 2 heterocycles. The first-order chi connectivity index (χ1) is 8.43. The van der Waals surface area contributed by atoms with Crippen molar-refractivity contribution < 1.29 is 4.74 Å². The van der Waals surface area contributed by atoms with Gasteiger partial charge in [-0.25, -0.2) is 0 Å². The molecule has 92 valence electrons. The molecule has 3 nitrogen and oxygen atoms in total. The van der Waals surface area contributed by atoms with Crippen LogP contribution in [0.3, 0.4) is 0 Å². The number of benzene rings is 1. The molecular formula is C14H20N2O. The van der Waals surface area contributed by atoms with Crippen LogP contribution in [0.4, 0.5) is 5.69 Å². The standard InChI is InChI=1S/C14H20N2O/c1-4-12-6-8-16-14(12)13(5-1)17-10-11-3-2-7-15-9-11/h1,4-5,11,15-16H,2-3,6-10H2. The van der Waals surface area contributed by atoms with E-state index in [4.69, 9.17) is 4.74 Å². The van der Waals surface area contributed by atoms with Gasteiger partial charge in [-0.2, -0.15) is 0 Å². The molecule has 17 heavy (non-hydrogen) atoms. The van der Waals surface area contributed by atoms with Crippen molar-refractivity contribution in [3.8, 4) is 5.75 Å². The minimum Gasteiger partial charge on any atom is -0.491 e. The van der Waals surface area contributed by atoms with Crippen LogP contribution in [0.15, 0.2) is 18.2 Å². The highest BCUT2D eigenvalue weighted by molar-refractivity contribution is 5.65. The summed E-state index contributed by atoms with van der Waals surface area (Å²) in [6, 6.07) is 6.36. The van der Waals surface area contributed by atoms with Crippen LogP contribution in [-0.2, 0) is 6.42 Å². The number of anilines is 1. The fraction of sp³-hybridized carbons (Fsp3) is 0.571. The van der Waals surface area contributed by atoms with E-state index in [1.807, 2.05) is 0 Å². The molecule has 0 spiro atoms. The van der Waals surface area contributed by atoms with Crippen LogP contribution in [0.25, 0.3) is 0 Å². The van der Waals surface area contributed by atoms with E-state index in [1.54, 1.807) is 0 Å². The maximum Gasteiger partial charge on any atom is 0.142 e. The summed E-state index contributed by atoms with van der Waals surface area (Å²) in [5.41, 5.74) is 2.61. The first kappa shape index (κ1) is 10.9. The molecule has 0 amide bonds. The van der Waals surface area contributed by atoms with E-state index in [-0.39, 0.29) is 0 Å². The van der Waals surface area contributed by atoms with Gasteiger partial charge in [-0.3, -0.25) is 0 Å². The Morgan fingerprint density at radius 3 is 3.18 bits per heavy atom. The fourth-order valence-corrected chi connectivity index (χ4v) is 2.70. The van der Waals surface area contributed by atoms with Crippen LogP contribution < -0.4 is 15.4 Å². The van der Waals surface area contributed by atoms with Crippen LogP contribution in [-0.4, -0.2) is 26.2 Å². The zero-order valence-corrected chi connectivity index (χ0v) is 10.2. The molecule has 0 radical (unpaired) electrons. The van der Waals surface area contributed by atoms with Gasteiger partial charge < -0.3 is 15.4 Å². The molecule has 0 bridgehead atoms. The number of nitrogens with one attached hydrogen (secondary N) is 2. The first-order valence-electron chi connectivity index (χ1n) is 6.63. The van der Waals surface area contributed by atoms with E-state index in [9.17, 15) is 0 Å². The lowest BCUT2D eigenvalue weighted by Gasteiger charge is -2.23. The monoisotopic (exact) mass is 232 g/mol. The third-order valence-corrected chi connectivity index (χ3v) is 3.68. The maximum atomic E-state index is 5.99. The van der Waals surface area contributed by atoms with E-state index in [1.165, 1.54) is 30.6 Å². The Balaban J connectivity index is 1.63. The van der Waals surface area contributed by atoms with Gasteiger partial charge in [0.1, 0.15) is 5.75 Å². The molecule has 1 unspecified atom stereocenters. The number of hydrogen-bond donors (Lipinski definition) is 2. The third-order valence-electron chi connectivity index (χ3n) is 3.68. The second kappa shape index (κ2) is 4.96. The molecule has 1 aromatic carbocycles. The van der Waals surface area contributed by atoms with Crippen molar-refractivity contribution in [2.45, 2.75) is 19.3 Å². The second-order valence-electron chi connectivity index (χ2n) is 4.99. The Morgan fingerprint density at radius 1 is 1.29 bits per heavy atom. The Kier molecular flexibility index (Phi) is 3.18. The Bertz CT molecular complexity index is 386. The molecule has 2 N–H and O–H groups in total. The largest absolute Gasteiger partial charge is 0.491 e. The Morgan fingerprint density at radius 2 is 2.29 bits per heavy atom. The van der Waals surface area contributed by atoms with Gasteiger partial charge in [0.05, 0.1) is 12.3 Å². The van der Waals surface area contributed by atoms with Crippen LogP contribution in [0.1, 0.15) is 18.4 Å². The highest BCUT2D eigenvalue weighted by Crippen LogP contribution is 2.32. The predicted octanol–water partition coefficient (Wildman–Crippen LogP) is 2.03. The molecule has 1 saturated heterocycles. The molecule has 1 fully saturated rings. The summed E-state index contributed by atoms with van der Waals surface area (Å²) in [6.07, 6.45) is 3.69. The lowest BCUT2D eigenvalue weighted by molar-refractivity contribution is 0.219. The van der Waals surface area contributed by atoms with Crippen LogP contribution in [0.5, 0.6) is 5.75 Å². The highest BCUT2D eigenvalue weighted by atomic mass is 16.5. The summed E-state index contributed by atoms with van der Waals surface area (Å²) in [6.45, 7) is 4.15. The molecule has 1 atom stereocenters. The minimum absolute atomic E-state index is 0.668. The number of piperidine rings is 1. The summed E-state index contributed by atoms with van der Waals surface area (Å²) in [7, 11) is 0. The second-order valence-corrected chi connectivity index (χ2v) is 4.99. The van der Waals surface area contributed by atoms with Crippen molar-refractivity contribution in [2.75, 3.05) is 31.6 Å². The van der Waals surface area contributed by atoms with E-state index < -0.39 is 0 Å². The molecule has 3 heteroatoms. The zero-order chi connectivity index (χ0) is 11.5. The molecule has 2 aliphatic rings. The number of fused-ring (bicyclic) bond motifs is 1. The number of rotatable bonds is 3. The van der Waals surface area contributed by atoms with Crippen molar-refractivity contribution in [3.63, 3.8) is 0 Å². The molecule has 0 aliphatic carbocycles. The molecular weight excluding hydrogens is 212 g/mol. The topological polar surface area (TPSA) is 33.3 Å². The predicted molar refractivity (Wildman–Crippen MR) is 69.7 cm³/mol. The zero-order valence-electron chi connectivity index (χ0n) is 10.2. The third kappa shape index (κ3) is 2.39. The normalized spacial score (nSPS) is 22.9. The first-order valence-corrected chi connectivity index (χ1v) is 6.63. The Hall–Kier alpha value is -1.22. The summed E-state index contributed by atoms with van der Waals surface area (Å²) >= 11 is 0.